The van der Waals surface area contributed by atoms with Gasteiger partial charge in [0.2, 0.25) is 5.91 Å². The van der Waals surface area contributed by atoms with Crippen LogP contribution in [0, 0.1) is 0 Å². The van der Waals surface area contributed by atoms with Crippen LogP contribution >= 0.6 is 0 Å². The van der Waals surface area contributed by atoms with Crippen LogP contribution in [0.1, 0.15) is 6.92 Å². The van der Waals surface area contributed by atoms with Crippen molar-refractivity contribution in [3.8, 4) is 11.5 Å². The molecule has 1 amide bonds. The first-order chi connectivity index (χ1) is 17.4. The summed E-state index contributed by atoms with van der Waals surface area (Å²) in [5, 5.41) is 0. The molecule has 0 atom stereocenters. The van der Waals surface area contributed by atoms with Crippen LogP contribution in [-0.4, -0.2) is 65.7 Å². The lowest BCUT2D eigenvalue weighted by Crippen LogP contribution is -2.52. The Morgan fingerprint density at radius 2 is 1.47 bits per heavy atom. The average Bonchev–Trinajstić information content (AvgIpc) is 2.93. The highest BCUT2D eigenvalue weighted by Gasteiger charge is 2.30. The van der Waals surface area contributed by atoms with Gasteiger partial charge >= 0.3 is 0 Å². The minimum absolute atomic E-state index is 0.135. The van der Waals surface area contributed by atoms with Gasteiger partial charge in [0.15, 0.2) is 0 Å². The second kappa shape index (κ2) is 11.3. The number of amides is 1. The van der Waals surface area contributed by atoms with Gasteiger partial charge in [-0.1, -0.05) is 18.2 Å². The fourth-order valence-corrected chi connectivity index (χ4v) is 5.58. The second-order valence-electron chi connectivity index (χ2n) is 8.32. The molecule has 3 aromatic rings. The van der Waals surface area contributed by atoms with E-state index in [0.717, 1.165) is 11.4 Å². The van der Waals surface area contributed by atoms with Gasteiger partial charge in [0.25, 0.3) is 10.0 Å². The third kappa shape index (κ3) is 5.73. The smallest absolute Gasteiger partial charge is 0.264 e. The summed E-state index contributed by atoms with van der Waals surface area (Å²) >= 11 is 0. The molecule has 36 heavy (non-hydrogen) atoms. The van der Waals surface area contributed by atoms with E-state index in [0.29, 0.717) is 44.2 Å². The van der Waals surface area contributed by atoms with Crippen LogP contribution in [0.15, 0.2) is 83.8 Å². The molecule has 0 unspecified atom stereocenters. The number of benzene rings is 3. The Labute approximate surface area is 212 Å². The second-order valence-corrected chi connectivity index (χ2v) is 10.2. The summed E-state index contributed by atoms with van der Waals surface area (Å²) in [4.78, 5) is 17.4. The molecule has 0 spiro atoms. The summed E-state index contributed by atoms with van der Waals surface area (Å²) in [5.41, 5.74) is 1.47. The number of hydrogen-bond acceptors (Lipinski definition) is 6. The van der Waals surface area contributed by atoms with Gasteiger partial charge in [-0.25, -0.2) is 8.42 Å². The van der Waals surface area contributed by atoms with Gasteiger partial charge in [0.1, 0.15) is 18.0 Å². The third-order valence-corrected chi connectivity index (χ3v) is 7.90. The van der Waals surface area contributed by atoms with Crippen LogP contribution < -0.4 is 18.7 Å². The molecule has 1 heterocycles. The molecule has 1 fully saturated rings. The lowest BCUT2D eigenvalue weighted by Gasteiger charge is -2.37. The molecule has 190 valence electrons. The molecule has 1 saturated heterocycles. The van der Waals surface area contributed by atoms with E-state index in [2.05, 4.69) is 4.90 Å². The maximum absolute atomic E-state index is 13.6. The number of rotatable bonds is 9. The quantitative estimate of drug-likeness (QED) is 0.438. The van der Waals surface area contributed by atoms with E-state index >= 15 is 0 Å². The van der Waals surface area contributed by atoms with Gasteiger partial charge in [-0.15, -0.1) is 0 Å². The number of methoxy groups -OCH3 is 1. The van der Waals surface area contributed by atoms with Crippen molar-refractivity contribution in [3.63, 3.8) is 0 Å². The summed E-state index contributed by atoms with van der Waals surface area (Å²) in [6.07, 6.45) is 0. The number of carbonyl (C=O) groups is 1. The fourth-order valence-electron chi connectivity index (χ4n) is 4.14. The minimum Gasteiger partial charge on any atom is -0.497 e. The number of sulfonamides is 1. The molecule has 0 aromatic heterocycles. The van der Waals surface area contributed by atoms with Crippen LogP contribution in [0.5, 0.6) is 11.5 Å². The van der Waals surface area contributed by atoms with E-state index in [1.807, 2.05) is 31.2 Å². The van der Waals surface area contributed by atoms with E-state index in [9.17, 15) is 13.2 Å². The molecule has 1 aliphatic heterocycles. The Hall–Kier alpha value is -3.72. The summed E-state index contributed by atoms with van der Waals surface area (Å²) in [7, 11) is -2.32. The zero-order chi connectivity index (χ0) is 25.5. The van der Waals surface area contributed by atoms with Crippen LogP contribution in [0.3, 0.4) is 0 Å². The Morgan fingerprint density at radius 3 is 2.06 bits per heavy atom. The van der Waals surface area contributed by atoms with E-state index in [-0.39, 0.29) is 17.3 Å². The zero-order valence-electron chi connectivity index (χ0n) is 20.5. The lowest BCUT2D eigenvalue weighted by atomic mass is 10.2. The monoisotopic (exact) mass is 509 g/mol. The predicted molar refractivity (Wildman–Crippen MR) is 140 cm³/mol. The molecule has 9 heteroatoms. The van der Waals surface area contributed by atoms with Crippen molar-refractivity contribution in [2.75, 3.05) is 55.6 Å². The number of nitrogens with zero attached hydrogens (tertiary/aromatic N) is 3. The molecule has 0 bridgehead atoms. The number of piperazine rings is 1. The number of hydrogen-bond donors (Lipinski definition) is 0. The van der Waals surface area contributed by atoms with Crippen molar-refractivity contribution in [2.45, 2.75) is 11.8 Å². The molecule has 8 nitrogen and oxygen atoms in total. The van der Waals surface area contributed by atoms with Crippen molar-refractivity contribution < 1.29 is 22.7 Å². The molecule has 0 radical (unpaired) electrons. The van der Waals surface area contributed by atoms with Gasteiger partial charge in [0, 0.05) is 31.9 Å². The molecule has 0 saturated carbocycles. The first kappa shape index (κ1) is 25.4. The number of ether oxygens (including phenoxy) is 2. The van der Waals surface area contributed by atoms with E-state index in [4.69, 9.17) is 9.47 Å². The van der Waals surface area contributed by atoms with Crippen molar-refractivity contribution in [1.29, 1.82) is 0 Å². The van der Waals surface area contributed by atoms with Crippen molar-refractivity contribution in [3.05, 3.63) is 78.9 Å². The van der Waals surface area contributed by atoms with Crippen LogP contribution in [-0.2, 0) is 14.8 Å². The highest BCUT2D eigenvalue weighted by Crippen LogP contribution is 2.26. The van der Waals surface area contributed by atoms with Crippen LogP contribution in [0.4, 0.5) is 11.4 Å². The molecule has 3 aromatic carbocycles. The highest BCUT2D eigenvalue weighted by molar-refractivity contribution is 7.92. The highest BCUT2D eigenvalue weighted by atomic mass is 32.2. The SMILES string of the molecule is CCOc1ccc(N(CC(=O)N2CCN(c3ccc(OC)cc3)CC2)S(=O)(=O)c2ccccc2)cc1. The van der Waals surface area contributed by atoms with E-state index in [1.165, 1.54) is 16.4 Å². The third-order valence-electron chi connectivity index (χ3n) is 6.12. The molecule has 0 N–H and O–H groups in total. The van der Waals surface area contributed by atoms with Crippen molar-refractivity contribution in [2.24, 2.45) is 0 Å². The van der Waals surface area contributed by atoms with Crippen LogP contribution in [0.25, 0.3) is 0 Å². The number of carbonyl (C=O) groups excluding carboxylic acids is 1. The Bertz CT molecular complexity index is 1240. The van der Waals surface area contributed by atoms with Crippen molar-refractivity contribution >= 4 is 27.3 Å². The molecule has 1 aliphatic rings. The summed E-state index contributed by atoms with van der Waals surface area (Å²) in [5.74, 6) is 1.19. The molecule has 4 rings (SSSR count). The molecular formula is C27H31N3O5S. The lowest BCUT2D eigenvalue weighted by molar-refractivity contribution is -0.129. The summed E-state index contributed by atoms with van der Waals surface area (Å²) < 4.78 is 39.0. The van der Waals surface area contributed by atoms with Gasteiger partial charge in [-0.05, 0) is 67.6 Å². The molecule has 0 aliphatic carbocycles. The average molecular weight is 510 g/mol. The first-order valence-electron chi connectivity index (χ1n) is 11.9. The van der Waals surface area contributed by atoms with Gasteiger partial charge < -0.3 is 19.3 Å². The number of anilines is 2. The minimum atomic E-state index is -3.95. The van der Waals surface area contributed by atoms with Crippen molar-refractivity contribution in [1.82, 2.24) is 4.90 Å². The van der Waals surface area contributed by atoms with Gasteiger partial charge in [-0.3, -0.25) is 9.10 Å². The normalized spacial score (nSPS) is 13.8. The topological polar surface area (TPSA) is 79.4 Å². The maximum atomic E-state index is 13.6. The Balaban J connectivity index is 1.50. The maximum Gasteiger partial charge on any atom is 0.264 e. The first-order valence-corrected chi connectivity index (χ1v) is 13.3. The standard InChI is InChI=1S/C27H31N3O5S/c1-3-35-25-15-11-23(12-16-25)30(36(32,33)26-7-5-4-6-8-26)21-27(31)29-19-17-28(18-20-29)22-9-13-24(34-2)14-10-22/h4-16H,3,17-21H2,1-2H3. The summed E-state index contributed by atoms with van der Waals surface area (Å²) in [6.45, 7) is 4.44. The summed E-state index contributed by atoms with van der Waals surface area (Å²) in [6, 6.07) is 22.7. The van der Waals surface area contributed by atoms with Gasteiger partial charge in [-0.2, -0.15) is 0 Å². The zero-order valence-corrected chi connectivity index (χ0v) is 21.4. The van der Waals surface area contributed by atoms with E-state index < -0.39 is 10.0 Å². The van der Waals surface area contributed by atoms with Crippen LogP contribution in [0.2, 0.25) is 0 Å². The fraction of sp³-hybridized carbons (Fsp3) is 0.296. The Morgan fingerprint density at radius 1 is 0.861 bits per heavy atom. The van der Waals surface area contributed by atoms with Gasteiger partial charge in [0.05, 0.1) is 24.3 Å². The predicted octanol–water partition coefficient (Wildman–Crippen LogP) is 3.64. The largest absolute Gasteiger partial charge is 0.497 e. The Kier molecular flexibility index (Phi) is 8.00. The molecular weight excluding hydrogens is 478 g/mol. The van der Waals surface area contributed by atoms with E-state index in [1.54, 1.807) is 54.5 Å².